The average Bonchev–Trinajstić information content (AvgIpc) is 1.79. The second-order valence-corrected chi connectivity index (χ2v) is 5.54. The van der Waals surface area contributed by atoms with Crippen molar-refractivity contribution in [2.75, 3.05) is 26.7 Å². The van der Waals surface area contributed by atoms with Gasteiger partial charge in [0.15, 0.2) is 0 Å². The van der Waals surface area contributed by atoms with Crippen LogP contribution in [0.1, 0.15) is 34.6 Å². The predicted molar refractivity (Wildman–Crippen MR) is 58.0 cm³/mol. The number of likely N-dealkylation sites (N-methyl/N-ethyl adjacent to an activating group) is 2. The molecule has 78 valence electrons. The molecule has 0 aromatic carbocycles. The number of hydrogen-bond donors (Lipinski definition) is 0. The van der Waals surface area contributed by atoms with E-state index >= 15 is 0 Å². The highest BCUT2D eigenvalue weighted by Gasteiger charge is 2.42. The molecule has 1 rings (SSSR count). The molecule has 1 heterocycles. The molecule has 0 aromatic rings. The van der Waals surface area contributed by atoms with Crippen molar-refractivity contribution in [3.8, 4) is 0 Å². The van der Waals surface area contributed by atoms with Crippen LogP contribution in [-0.4, -0.2) is 47.6 Å². The van der Waals surface area contributed by atoms with Crippen molar-refractivity contribution in [3.05, 3.63) is 0 Å². The van der Waals surface area contributed by atoms with Crippen LogP contribution in [0.25, 0.3) is 0 Å². The summed E-state index contributed by atoms with van der Waals surface area (Å²) in [4.78, 5) is 5.05. The summed E-state index contributed by atoms with van der Waals surface area (Å²) in [6.45, 7) is 15.1. The number of hydrogen-bond acceptors (Lipinski definition) is 2. The van der Waals surface area contributed by atoms with Gasteiger partial charge in [-0.05, 0) is 41.3 Å². The molecule has 1 saturated heterocycles. The van der Waals surface area contributed by atoms with Gasteiger partial charge in [0, 0.05) is 24.2 Å². The van der Waals surface area contributed by atoms with E-state index in [2.05, 4.69) is 51.5 Å². The second-order valence-electron chi connectivity index (χ2n) is 5.54. The van der Waals surface area contributed by atoms with Crippen LogP contribution >= 0.6 is 0 Å². The lowest BCUT2D eigenvalue weighted by Crippen LogP contribution is -2.67. The standard InChI is InChI=1S/C11H24N2/c1-7-13-10(2,3)8-12(6)9-11(13,4)5/h7-9H2,1-6H3. The van der Waals surface area contributed by atoms with Gasteiger partial charge in [-0.15, -0.1) is 0 Å². The number of piperazine rings is 1. The summed E-state index contributed by atoms with van der Waals surface area (Å²) >= 11 is 0. The van der Waals surface area contributed by atoms with E-state index in [4.69, 9.17) is 0 Å². The molecule has 0 atom stereocenters. The Kier molecular flexibility index (Phi) is 2.75. The summed E-state index contributed by atoms with van der Waals surface area (Å²) in [5.41, 5.74) is 0.622. The lowest BCUT2D eigenvalue weighted by atomic mass is 9.88. The fourth-order valence-corrected chi connectivity index (χ4v) is 3.22. The van der Waals surface area contributed by atoms with Crippen LogP contribution < -0.4 is 0 Å². The smallest absolute Gasteiger partial charge is 0.0285 e. The topological polar surface area (TPSA) is 6.48 Å². The average molecular weight is 184 g/mol. The minimum Gasteiger partial charge on any atom is -0.303 e. The van der Waals surface area contributed by atoms with Gasteiger partial charge in [0.05, 0.1) is 0 Å². The molecule has 1 fully saturated rings. The van der Waals surface area contributed by atoms with Gasteiger partial charge in [-0.25, -0.2) is 0 Å². The Labute approximate surface area is 82.9 Å². The number of nitrogens with zero attached hydrogens (tertiary/aromatic N) is 2. The zero-order valence-electron chi connectivity index (χ0n) is 10.0. The summed E-state index contributed by atoms with van der Waals surface area (Å²) in [5.74, 6) is 0. The van der Waals surface area contributed by atoms with Crippen molar-refractivity contribution in [3.63, 3.8) is 0 Å². The van der Waals surface area contributed by atoms with Crippen molar-refractivity contribution in [2.45, 2.75) is 45.7 Å². The van der Waals surface area contributed by atoms with Crippen molar-refractivity contribution in [1.82, 2.24) is 9.80 Å². The Bertz CT molecular complexity index is 167. The van der Waals surface area contributed by atoms with E-state index in [1.807, 2.05) is 0 Å². The minimum absolute atomic E-state index is 0.311. The molecule has 0 radical (unpaired) electrons. The molecule has 0 saturated carbocycles. The molecule has 13 heavy (non-hydrogen) atoms. The van der Waals surface area contributed by atoms with Crippen molar-refractivity contribution < 1.29 is 0 Å². The summed E-state index contributed by atoms with van der Waals surface area (Å²) in [7, 11) is 2.22. The lowest BCUT2D eigenvalue weighted by molar-refractivity contribution is -0.0565. The first kappa shape index (κ1) is 11.0. The fourth-order valence-electron chi connectivity index (χ4n) is 3.22. The minimum atomic E-state index is 0.311. The zero-order chi connectivity index (χ0) is 10.3. The molecule has 0 amide bonds. The van der Waals surface area contributed by atoms with Gasteiger partial charge in [0.1, 0.15) is 0 Å². The molecular weight excluding hydrogens is 160 g/mol. The second kappa shape index (κ2) is 3.25. The molecule has 1 aliphatic heterocycles. The molecule has 0 bridgehead atoms. The zero-order valence-corrected chi connectivity index (χ0v) is 10.0. The highest BCUT2D eigenvalue weighted by atomic mass is 15.3. The first-order valence-electron chi connectivity index (χ1n) is 5.26. The Morgan fingerprint density at radius 1 is 1.00 bits per heavy atom. The lowest BCUT2D eigenvalue weighted by Gasteiger charge is -2.55. The maximum absolute atomic E-state index is 2.61. The van der Waals surface area contributed by atoms with E-state index in [0.29, 0.717) is 11.1 Å². The predicted octanol–water partition coefficient (Wildman–Crippen LogP) is 1.81. The molecular formula is C11H24N2. The molecule has 1 aliphatic rings. The summed E-state index contributed by atoms with van der Waals surface area (Å²) in [5, 5.41) is 0. The molecule has 2 heteroatoms. The van der Waals surface area contributed by atoms with Crippen molar-refractivity contribution in [2.24, 2.45) is 0 Å². The quantitative estimate of drug-likeness (QED) is 0.613. The van der Waals surface area contributed by atoms with Gasteiger partial charge >= 0.3 is 0 Å². The SMILES string of the molecule is CCN1C(C)(C)CN(C)CC1(C)C. The third kappa shape index (κ3) is 2.05. The van der Waals surface area contributed by atoms with Gasteiger partial charge in [-0.2, -0.15) is 0 Å². The molecule has 0 aliphatic carbocycles. The van der Waals surface area contributed by atoms with Crippen LogP contribution in [0.5, 0.6) is 0 Å². The summed E-state index contributed by atoms with van der Waals surface area (Å²) in [6.07, 6.45) is 0. The van der Waals surface area contributed by atoms with Gasteiger partial charge in [0.2, 0.25) is 0 Å². The molecule has 2 nitrogen and oxygen atoms in total. The van der Waals surface area contributed by atoms with E-state index in [0.717, 1.165) is 6.54 Å². The van der Waals surface area contributed by atoms with Gasteiger partial charge in [-0.1, -0.05) is 6.92 Å². The van der Waals surface area contributed by atoms with Crippen LogP contribution in [-0.2, 0) is 0 Å². The molecule has 0 aromatic heterocycles. The first-order valence-corrected chi connectivity index (χ1v) is 5.26. The van der Waals surface area contributed by atoms with E-state index in [1.165, 1.54) is 13.1 Å². The van der Waals surface area contributed by atoms with Gasteiger partial charge in [0.25, 0.3) is 0 Å². The normalized spacial score (nSPS) is 29.1. The van der Waals surface area contributed by atoms with E-state index in [1.54, 1.807) is 0 Å². The van der Waals surface area contributed by atoms with Crippen molar-refractivity contribution >= 4 is 0 Å². The van der Waals surface area contributed by atoms with Crippen LogP contribution in [0.3, 0.4) is 0 Å². The maximum atomic E-state index is 2.61. The fraction of sp³-hybridized carbons (Fsp3) is 1.00. The Morgan fingerprint density at radius 2 is 1.38 bits per heavy atom. The van der Waals surface area contributed by atoms with Crippen molar-refractivity contribution in [1.29, 1.82) is 0 Å². The van der Waals surface area contributed by atoms with E-state index in [-0.39, 0.29) is 0 Å². The summed E-state index contributed by atoms with van der Waals surface area (Å²) < 4.78 is 0. The molecule has 0 N–H and O–H groups in total. The molecule has 0 unspecified atom stereocenters. The number of rotatable bonds is 1. The third-order valence-corrected chi connectivity index (χ3v) is 3.09. The van der Waals surface area contributed by atoms with Gasteiger partial charge < -0.3 is 4.90 Å². The Hall–Kier alpha value is -0.0800. The van der Waals surface area contributed by atoms with Gasteiger partial charge in [-0.3, -0.25) is 4.90 Å². The van der Waals surface area contributed by atoms with Crippen LogP contribution in [0.15, 0.2) is 0 Å². The Balaban J connectivity index is 2.88. The molecule has 0 spiro atoms. The van der Waals surface area contributed by atoms with Crippen LogP contribution in [0.4, 0.5) is 0 Å². The van der Waals surface area contributed by atoms with Crippen LogP contribution in [0, 0.1) is 0 Å². The van der Waals surface area contributed by atoms with Crippen LogP contribution in [0.2, 0.25) is 0 Å². The highest BCUT2D eigenvalue weighted by molar-refractivity contribution is 4.99. The maximum Gasteiger partial charge on any atom is 0.0285 e. The third-order valence-electron chi connectivity index (χ3n) is 3.09. The van der Waals surface area contributed by atoms with E-state index < -0.39 is 0 Å². The summed E-state index contributed by atoms with van der Waals surface area (Å²) in [6, 6.07) is 0. The Morgan fingerprint density at radius 3 is 1.69 bits per heavy atom. The highest BCUT2D eigenvalue weighted by Crippen LogP contribution is 2.30. The first-order chi connectivity index (χ1) is 5.79. The monoisotopic (exact) mass is 184 g/mol. The largest absolute Gasteiger partial charge is 0.303 e. The van der Waals surface area contributed by atoms with E-state index in [9.17, 15) is 0 Å².